The van der Waals surface area contributed by atoms with Crippen LogP contribution < -0.4 is 0 Å². The molecule has 2 aromatic rings. The number of non-ortho nitro benzene ring substituents is 2. The van der Waals surface area contributed by atoms with Gasteiger partial charge in [0.05, 0.1) is 21.8 Å². The quantitative estimate of drug-likeness (QED) is 0.146. The van der Waals surface area contributed by atoms with E-state index < -0.39 is 45.9 Å². The SMILES string of the molecule is CC(=O)N1CCC(SC2=C(C(=O)OCc3ccc([N+](=O)[O-])cc3)N3C(=O)C(C(C)OC(=O)OCc4ccc([N+](=O)[O-])cc4)[C@H]3C2)C1. The van der Waals surface area contributed by atoms with Gasteiger partial charge in [-0.2, -0.15) is 0 Å². The minimum atomic E-state index is -1.02. The van der Waals surface area contributed by atoms with E-state index in [-0.39, 0.29) is 41.4 Å². The molecule has 3 aliphatic heterocycles. The monoisotopic (exact) mass is 654 g/mol. The van der Waals surface area contributed by atoms with Gasteiger partial charge in [-0.25, -0.2) is 9.59 Å². The number of nitro benzene ring substituents is 2. The highest BCUT2D eigenvalue weighted by molar-refractivity contribution is 8.03. The average Bonchev–Trinajstić information content (AvgIpc) is 3.62. The molecule has 0 N–H and O–H groups in total. The standard InChI is InChI=1S/C30H30N4O11S/c1-17(45-30(38)44-16-20-5-9-22(10-6-20)34(41)42)26-24-13-25(46-23-11-12-31(14-23)18(2)35)27(32(24)28(26)36)29(37)43-15-19-3-7-21(8-4-19)33(39)40/h3-10,17,23-24,26H,11-16H2,1-2H3/t17?,23?,24-,26?/m1/s1. The number of thioether (sulfide) groups is 1. The molecule has 3 unspecified atom stereocenters. The minimum Gasteiger partial charge on any atom is -0.456 e. The summed E-state index contributed by atoms with van der Waals surface area (Å²) in [6.45, 7) is 3.78. The molecule has 5 rings (SSSR count). The van der Waals surface area contributed by atoms with Crippen LogP contribution in [0.15, 0.2) is 59.1 Å². The van der Waals surface area contributed by atoms with Crippen LogP contribution in [0.5, 0.6) is 0 Å². The van der Waals surface area contributed by atoms with Crippen molar-refractivity contribution >= 4 is 47.1 Å². The highest BCUT2D eigenvalue weighted by atomic mass is 32.2. The third-order valence-corrected chi connectivity index (χ3v) is 9.43. The molecule has 46 heavy (non-hydrogen) atoms. The molecule has 0 radical (unpaired) electrons. The van der Waals surface area contributed by atoms with Crippen LogP contribution in [0, 0.1) is 26.1 Å². The molecular weight excluding hydrogens is 624 g/mol. The van der Waals surface area contributed by atoms with Crippen LogP contribution in [0.2, 0.25) is 0 Å². The number of β-lactam (4-membered cyclic amide) rings is 1. The second kappa shape index (κ2) is 13.6. The Morgan fingerprint density at radius 1 is 0.957 bits per heavy atom. The van der Waals surface area contributed by atoms with Gasteiger partial charge in [0.25, 0.3) is 11.4 Å². The number of likely N-dealkylation sites (tertiary alicyclic amines) is 1. The molecule has 3 aliphatic rings. The van der Waals surface area contributed by atoms with E-state index in [9.17, 15) is 39.4 Å². The van der Waals surface area contributed by atoms with Crippen LogP contribution in [0.25, 0.3) is 0 Å². The van der Waals surface area contributed by atoms with Gasteiger partial charge in [0.1, 0.15) is 25.0 Å². The smallest absolute Gasteiger partial charge is 0.456 e. The summed E-state index contributed by atoms with van der Waals surface area (Å²) in [7, 11) is 0. The normalized spacial score (nSPS) is 20.9. The van der Waals surface area contributed by atoms with Crippen molar-refractivity contribution in [2.75, 3.05) is 13.1 Å². The summed E-state index contributed by atoms with van der Waals surface area (Å²) in [5.74, 6) is -1.94. The lowest BCUT2D eigenvalue weighted by atomic mass is 9.83. The summed E-state index contributed by atoms with van der Waals surface area (Å²) in [4.78, 5) is 75.6. The van der Waals surface area contributed by atoms with Crippen molar-refractivity contribution in [3.05, 3.63) is 90.5 Å². The largest absolute Gasteiger partial charge is 0.508 e. The fourth-order valence-corrected chi connectivity index (χ4v) is 7.11. The predicted octanol–water partition coefficient (Wildman–Crippen LogP) is 4.08. The van der Waals surface area contributed by atoms with Crippen molar-refractivity contribution in [1.82, 2.24) is 9.80 Å². The summed E-state index contributed by atoms with van der Waals surface area (Å²) >= 11 is 1.43. The van der Waals surface area contributed by atoms with Crippen LogP contribution in [-0.4, -0.2) is 74.1 Å². The molecule has 16 heteroatoms. The number of carbonyl (C=O) groups excluding carboxylic acids is 4. The first-order valence-electron chi connectivity index (χ1n) is 14.4. The topological polar surface area (TPSA) is 189 Å². The van der Waals surface area contributed by atoms with E-state index in [0.29, 0.717) is 42.0 Å². The van der Waals surface area contributed by atoms with Gasteiger partial charge in [0.15, 0.2) is 0 Å². The number of esters is 1. The zero-order valence-corrected chi connectivity index (χ0v) is 25.7. The number of hydrogen-bond donors (Lipinski definition) is 0. The molecule has 0 aliphatic carbocycles. The number of nitro groups is 2. The Balaban J connectivity index is 1.24. The molecule has 0 aromatic heterocycles. The molecule has 2 amide bonds. The first-order chi connectivity index (χ1) is 21.9. The minimum absolute atomic E-state index is 0.00620. The van der Waals surface area contributed by atoms with Gasteiger partial charge in [0.2, 0.25) is 11.8 Å². The van der Waals surface area contributed by atoms with Gasteiger partial charge in [0, 0.05) is 60.9 Å². The van der Waals surface area contributed by atoms with E-state index in [1.54, 1.807) is 11.8 Å². The highest BCUT2D eigenvalue weighted by Gasteiger charge is 2.58. The maximum Gasteiger partial charge on any atom is 0.508 e. The fraction of sp³-hybridized carbons (Fsp3) is 0.400. The van der Waals surface area contributed by atoms with Crippen molar-refractivity contribution in [1.29, 1.82) is 0 Å². The zero-order chi connectivity index (χ0) is 33.1. The van der Waals surface area contributed by atoms with E-state index in [2.05, 4.69) is 0 Å². The van der Waals surface area contributed by atoms with Crippen LogP contribution in [0.4, 0.5) is 16.2 Å². The van der Waals surface area contributed by atoms with Gasteiger partial charge in [-0.1, -0.05) is 0 Å². The number of fused-ring (bicyclic) bond motifs is 1. The van der Waals surface area contributed by atoms with Gasteiger partial charge >= 0.3 is 12.1 Å². The first-order valence-corrected chi connectivity index (χ1v) is 15.3. The summed E-state index contributed by atoms with van der Waals surface area (Å²) in [6.07, 6.45) is -0.873. The van der Waals surface area contributed by atoms with Crippen LogP contribution in [0.3, 0.4) is 0 Å². The molecule has 3 heterocycles. The third kappa shape index (κ3) is 6.96. The molecule has 0 spiro atoms. The Kier molecular flexibility index (Phi) is 9.55. The molecule has 2 fully saturated rings. The summed E-state index contributed by atoms with van der Waals surface area (Å²) in [5.41, 5.74) is 0.935. The van der Waals surface area contributed by atoms with E-state index in [1.165, 1.54) is 72.1 Å². The molecule has 2 aromatic carbocycles. The second-order valence-electron chi connectivity index (χ2n) is 11.1. The maximum atomic E-state index is 13.4. The predicted molar refractivity (Wildman–Crippen MR) is 161 cm³/mol. The van der Waals surface area contributed by atoms with Crippen molar-refractivity contribution in [3.8, 4) is 0 Å². The fourth-order valence-electron chi connectivity index (χ4n) is 5.67. The van der Waals surface area contributed by atoms with Crippen molar-refractivity contribution < 1.29 is 43.2 Å². The van der Waals surface area contributed by atoms with Crippen LogP contribution in [-0.2, 0) is 41.8 Å². The summed E-state index contributed by atoms with van der Waals surface area (Å²) in [5, 5.41) is 21.8. The van der Waals surface area contributed by atoms with Gasteiger partial charge in [-0.15, -0.1) is 11.8 Å². The number of rotatable bonds is 11. The number of benzene rings is 2. The number of amides is 2. The molecule has 4 atom stereocenters. The van der Waals surface area contributed by atoms with Crippen molar-refractivity contribution in [2.24, 2.45) is 5.92 Å². The molecule has 15 nitrogen and oxygen atoms in total. The van der Waals surface area contributed by atoms with E-state index >= 15 is 0 Å². The van der Waals surface area contributed by atoms with Crippen molar-refractivity contribution in [2.45, 2.75) is 57.3 Å². The third-order valence-electron chi connectivity index (χ3n) is 8.07. The van der Waals surface area contributed by atoms with Gasteiger partial charge in [-0.3, -0.25) is 29.8 Å². The second-order valence-corrected chi connectivity index (χ2v) is 12.5. The molecule has 0 bridgehead atoms. The highest BCUT2D eigenvalue weighted by Crippen LogP contribution is 2.49. The molecule has 0 saturated carbocycles. The molecule has 2 saturated heterocycles. The van der Waals surface area contributed by atoms with Crippen LogP contribution in [0.1, 0.15) is 37.8 Å². The molecular formula is C30H30N4O11S. The Hall–Kier alpha value is -4.99. The molecule has 242 valence electrons. The van der Waals surface area contributed by atoms with Gasteiger partial charge in [-0.05, 0) is 48.7 Å². The lowest BCUT2D eigenvalue weighted by molar-refractivity contribution is -0.385. The number of hydrogen-bond acceptors (Lipinski definition) is 12. The Labute approximate surface area is 266 Å². The van der Waals surface area contributed by atoms with E-state index in [4.69, 9.17) is 14.2 Å². The average molecular weight is 655 g/mol. The van der Waals surface area contributed by atoms with E-state index in [1.807, 2.05) is 0 Å². The number of ether oxygens (including phenoxy) is 3. The maximum absolute atomic E-state index is 13.4. The lowest BCUT2D eigenvalue weighted by Crippen LogP contribution is -2.62. The summed E-state index contributed by atoms with van der Waals surface area (Å²) < 4.78 is 16.1. The zero-order valence-electron chi connectivity index (χ0n) is 24.9. The Morgan fingerprint density at radius 2 is 1.52 bits per heavy atom. The van der Waals surface area contributed by atoms with Crippen molar-refractivity contribution in [3.63, 3.8) is 0 Å². The first kappa shape index (κ1) is 32.4. The Morgan fingerprint density at radius 3 is 2.04 bits per heavy atom. The number of nitrogens with zero attached hydrogens (tertiary/aromatic N) is 4. The van der Waals surface area contributed by atoms with Crippen LogP contribution >= 0.6 is 11.8 Å². The summed E-state index contributed by atoms with van der Waals surface area (Å²) in [6, 6.07) is 10.6. The van der Waals surface area contributed by atoms with E-state index in [0.717, 1.165) is 0 Å². The number of carbonyl (C=O) groups is 4. The van der Waals surface area contributed by atoms with Gasteiger partial charge < -0.3 is 24.0 Å². The Bertz CT molecular complexity index is 1590. The lowest BCUT2D eigenvalue weighted by Gasteiger charge is -2.45.